The molecule has 0 fully saturated rings. The van der Waals surface area contributed by atoms with Crippen molar-refractivity contribution in [3.05, 3.63) is 23.3 Å². The van der Waals surface area contributed by atoms with Crippen LogP contribution in [0, 0.1) is 0 Å². The molecule has 0 amide bonds. The molecule has 0 nitrogen and oxygen atoms in total. The molecule has 0 aliphatic rings. The minimum Gasteiger partial charge on any atom is -0.0942 e. The Labute approximate surface area is 71.8 Å². The quantitative estimate of drug-likeness (QED) is 0.424. The first-order chi connectivity index (χ1) is 5.16. The Kier molecular flexibility index (Phi) is 6.01. The molecule has 0 unspecified atom stereocenters. The van der Waals surface area contributed by atoms with Crippen molar-refractivity contribution in [1.82, 2.24) is 0 Å². The smallest absolute Gasteiger partial charge is 0.0708 e. The molecule has 0 heterocycles. The summed E-state index contributed by atoms with van der Waals surface area (Å²) in [6, 6.07) is 0. The lowest BCUT2D eigenvalue weighted by molar-refractivity contribution is 0.963. The minimum absolute atomic E-state index is 0.667. The molecule has 0 saturated heterocycles. The van der Waals surface area contributed by atoms with Crippen molar-refractivity contribution >= 4 is 7.85 Å². The SMILES string of the molecule is [B]C/C=C(\C)CCC=C(C)C. The van der Waals surface area contributed by atoms with Gasteiger partial charge in [-0.15, -0.1) is 0 Å². The second-order valence-electron chi connectivity index (χ2n) is 3.11. The summed E-state index contributed by atoms with van der Waals surface area (Å²) < 4.78 is 0. The summed E-state index contributed by atoms with van der Waals surface area (Å²) in [6.07, 6.45) is 7.29. The molecule has 0 rings (SSSR count). The Balaban J connectivity index is 3.54. The van der Waals surface area contributed by atoms with Crippen molar-refractivity contribution in [2.75, 3.05) is 0 Å². The van der Waals surface area contributed by atoms with Gasteiger partial charge in [-0.3, -0.25) is 0 Å². The van der Waals surface area contributed by atoms with Gasteiger partial charge in [0.05, 0.1) is 7.85 Å². The van der Waals surface area contributed by atoms with E-state index < -0.39 is 0 Å². The summed E-state index contributed by atoms with van der Waals surface area (Å²) in [5.74, 6) is 0. The minimum atomic E-state index is 0.667. The average Bonchev–Trinajstić information content (AvgIpc) is 1.87. The summed E-state index contributed by atoms with van der Waals surface area (Å²) in [7, 11) is 5.37. The molecule has 0 saturated carbocycles. The normalized spacial score (nSPS) is 11.4. The summed E-state index contributed by atoms with van der Waals surface area (Å²) in [5.41, 5.74) is 2.79. The zero-order chi connectivity index (χ0) is 8.69. The fourth-order valence-electron chi connectivity index (χ4n) is 0.892. The number of rotatable bonds is 4. The van der Waals surface area contributed by atoms with Crippen LogP contribution in [0.2, 0.25) is 6.32 Å². The van der Waals surface area contributed by atoms with E-state index in [2.05, 4.69) is 32.9 Å². The first kappa shape index (κ1) is 10.5. The highest BCUT2D eigenvalue weighted by Crippen LogP contribution is 2.06. The first-order valence-corrected chi connectivity index (χ1v) is 4.16. The van der Waals surface area contributed by atoms with Crippen LogP contribution in [0.25, 0.3) is 0 Å². The predicted molar refractivity (Wildman–Crippen MR) is 53.0 cm³/mol. The van der Waals surface area contributed by atoms with Crippen molar-refractivity contribution in [3.8, 4) is 0 Å². The van der Waals surface area contributed by atoms with E-state index in [1.807, 2.05) is 0 Å². The summed E-state index contributed by atoms with van der Waals surface area (Å²) in [4.78, 5) is 0. The van der Waals surface area contributed by atoms with E-state index >= 15 is 0 Å². The van der Waals surface area contributed by atoms with Gasteiger partial charge in [-0.25, -0.2) is 0 Å². The van der Waals surface area contributed by atoms with Crippen LogP contribution in [0.1, 0.15) is 33.6 Å². The Bertz CT molecular complexity index is 150. The second-order valence-corrected chi connectivity index (χ2v) is 3.11. The van der Waals surface area contributed by atoms with Gasteiger partial charge in [-0.1, -0.05) is 29.6 Å². The van der Waals surface area contributed by atoms with Gasteiger partial charge in [0.1, 0.15) is 0 Å². The van der Waals surface area contributed by atoms with Crippen molar-refractivity contribution in [1.29, 1.82) is 0 Å². The van der Waals surface area contributed by atoms with E-state index in [4.69, 9.17) is 7.85 Å². The highest BCUT2D eigenvalue weighted by molar-refractivity contribution is 6.09. The molecule has 2 radical (unpaired) electrons. The van der Waals surface area contributed by atoms with Crippen molar-refractivity contribution in [3.63, 3.8) is 0 Å². The lowest BCUT2D eigenvalue weighted by Gasteiger charge is -1.96. The van der Waals surface area contributed by atoms with Gasteiger partial charge >= 0.3 is 0 Å². The van der Waals surface area contributed by atoms with Gasteiger partial charge in [0, 0.05) is 0 Å². The predicted octanol–water partition coefficient (Wildman–Crippen LogP) is 3.27. The lowest BCUT2D eigenvalue weighted by atomic mass is 10.0. The van der Waals surface area contributed by atoms with Crippen LogP contribution in [0.15, 0.2) is 23.3 Å². The Morgan fingerprint density at radius 2 is 1.82 bits per heavy atom. The lowest BCUT2D eigenvalue weighted by Crippen LogP contribution is -1.76. The fraction of sp³-hybridized carbons (Fsp3) is 0.600. The molecule has 0 atom stereocenters. The van der Waals surface area contributed by atoms with Gasteiger partial charge in [-0.05, 0) is 33.6 Å². The molecule has 0 aromatic carbocycles. The van der Waals surface area contributed by atoms with Crippen LogP contribution in [-0.4, -0.2) is 7.85 Å². The summed E-state index contributed by atoms with van der Waals surface area (Å²) in [5, 5.41) is 0. The molecule has 11 heavy (non-hydrogen) atoms. The molecule has 1 heteroatoms. The van der Waals surface area contributed by atoms with E-state index in [1.165, 1.54) is 11.1 Å². The molecular formula is C10H17B. The van der Waals surface area contributed by atoms with Gasteiger partial charge in [0.25, 0.3) is 0 Å². The summed E-state index contributed by atoms with van der Waals surface area (Å²) in [6.45, 7) is 6.38. The Morgan fingerprint density at radius 3 is 2.27 bits per heavy atom. The highest BCUT2D eigenvalue weighted by atomic mass is 13.9. The van der Waals surface area contributed by atoms with Crippen LogP contribution >= 0.6 is 0 Å². The van der Waals surface area contributed by atoms with Crippen LogP contribution < -0.4 is 0 Å². The maximum Gasteiger partial charge on any atom is 0.0708 e. The topological polar surface area (TPSA) is 0 Å². The molecule has 0 aliphatic heterocycles. The molecular weight excluding hydrogens is 131 g/mol. The van der Waals surface area contributed by atoms with Crippen molar-refractivity contribution in [2.45, 2.75) is 39.9 Å². The van der Waals surface area contributed by atoms with Gasteiger partial charge in [-0.2, -0.15) is 0 Å². The van der Waals surface area contributed by atoms with Crippen LogP contribution in [-0.2, 0) is 0 Å². The molecule has 0 aromatic heterocycles. The number of allylic oxidation sites excluding steroid dienone is 4. The molecule has 0 aromatic rings. The number of hydrogen-bond acceptors (Lipinski definition) is 0. The fourth-order valence-corrected chi connectivity index (χ4v) is 0.892. The monoisotopic (exact) mass is 148 g/mol. The third-order valence-corrected chi connectivity index (χ3v) is 1.56. The van der Waals surface area contributed by atoms with E-state index in [9.17, 15) is 0 Å². The standard InChI is InChI=1S/C10H17B/c1-9(2)5-4-6-10(3)7-8-11/h5,7H,4,6,8H2,1-3H3/b10-7+. The Morgan fingerprint density at radius 1 is 1.18 bits per heavy atom. The third-order valence-electron chi connectivity index (χ3n) is 1.56. The molecule has 0 spiro atoms. The van der Waals surface area contributed by atoms with Crippen LogP contribution in [0.3, 0.4) is 0 Å². The zero-order valence-corrected chi connectivity index (χ0v) is 7.85. The number of hydrogen-bond donors (Lipinski definition) is 0. The van der Waals surface area contributed by atoms with E-state index in [0.29, 0.717) is 6.32 Å². The van der Waals surface area contributed by atoms with Crippen LogP contribution in [0.4, 0.5) is 0 Å². The van der Waals surface area contributed by atoms with E-state index in [1.54, 1.807) is 0 Å². The zero-order valence-electron chi connectivity index (χ0n) is 7.85. The maximum atomic E-state index is 5.37. The van der Waals surface area contributed by atoms with E-state index in [0.717, 1.165) is 12.8 Å². The second kappa shape index (κ2) is 6.27. The molecule has 0 bridgehead atoms. The molecule has 60 valence electrons. The van der Waals surface area contributed by atoms with Gasteiger partial charge in [0.2, 0.25) is 0 Å². The van der Waals surface area contributed by atoms with Gasteiger partial charge in [0.15, 0.2) is 0 Å². The first-order valence-electron chi connectivity index (χ1n) is 4.16. The van der Waals surface area contributed by atoms with Crippen molar-refractivity contribution < 1.29 is 0 Å². The molecule has 0 N–H and O–H groups in total. The third kappa shape index (κ3) is 7.44. The average molecular weight is 148 g/mol. The molecule has 0 aliphatic carbocycles. The van der Waals surface area contributed by atoms with E-state index in [-0.39, 0.29) is 0 Å². The summed E-state index contributed by atoms with van der Waals surface area (Å²) >= 11 is 0. The van der Waals surface area contributed by atoms with Crippen LogP contribution in [0.5, 0.6) is 0 Å². The largest absolute Gasteiger partial charge is 0.0942 e. The Hall–Kier alpha value is -0.455. The van der Waals surface area contributed by atoms with Gasteiger partial charge < -0.3 is 0 Å². The highest BCUT2D eigenvalue weighted by Gasteiger charge is 1.86. The maximum absolute atomic E-state index is 5.37. The van der Waals surface area contributed by atoms with Crippen molar-refractivity contribution in [2.24, 2.45) is 0 Å².